The lowest BCUT2D eigenvalue weighted by atomic mass is 9.85. The number of piperidine rings is 1. The Hall–Kier alpha value is -1.02. The van der Waals surface area contributed by atoms with Gasteiger partial charge in [0, 0.05) is 24.8 Å². The SMILES string of the molecule is CC(C)C1CC(NCC2CCCC2)CN(c2ccccc2)C1. The van der Waals surface area contributed by atoms with Crippen LogP contribution < -0.4 is 10.2 Å². The standard InChI is InChI=1S/C20H32N2/c1-16(2)18-12-19(21-13-17-8-6-7-9-17)15-22(14-18)20-10-4-3-5-11-20/h3-5,10-11,16-19,21H,6-9,12-15H2,1-2H3. The van der Waals surface area contributed by atoms with Gasteiger partial charge in [-0.3, -0.25) is 0 Å². The van der Waals surface area contributed by atoms with Gasteiger partial charge in [-0.15, -0.1) is 0 Å². The topological polar surface area (TPSA) is 15.3 Å². The largest absolute Gasteiger partial charge is 0.370 e. The van der Waals surface area contributed by atoms with Gasteiger partial charge in [0.25, 0.3) is 0 Å². The Morgan fingerprint density at radius 1 is 1.09 bits per heavy atom. The van der Waals surface area contributed by atoms with Crippen molar-refractivity contribution in [2.45, 2.75) is 52.0 Å². The van der Waals surface area contributed by atoms with Crippen molar-refractivity contribution in [1.29, 1.82) is 0 Å². The molecule has 0 spiro atoms. The molecule has 1 N–H and O–H groups in total. The van der Waals surface area contributed by atoms with Crippen LogP contribution >= 0.6 is 0 Å². The lowest BCUT2D eigenvalue weighted by Crippen LogP contribution is -2.51. The van der Waals surface area contributed by atoms with Gasteiger partial charge in [0.2, 0.25) is 0 Å². The Kier molecular flexibility index (Phi) is 5.41. The van der Waals surface area contributed by atoms with E-state index in [1.165, 1.54) is 57.4 Å². The lowest BCUT2D eigenvalue weighted by molar-refractivity contribution is 0.265. The smallest absolute Gasteiger partial charge is 0.0366 e. The maximum Gasteiger partial charge on any atom is 0.0366 e. The van der Waals surface area contributed by atoms with Gasteiger partial charge in [0.15, 0.2) is 0 Å². The number of hydrogen-bond donors (Lipinski definition) is 1. The van der Waals surface area contributed by atoms with Gasteiger partial charge < -0.3 is 10.2 Å². The zero-order valence-electron chi connectivity index (χ0n) is 14.3. The molecule has 122 valence electrons. The van der Waals surface area contributed by atoms with Gasteiger partial charge in [-0.2, -0.15) is 0 Å². The molecule has 22 heavy (non-hydrogen) atoms. The second-order valence-corrected chi connectivity index (χ2v) is 7.74. The molecule has 2 atom stereocenters. The highest BCUT2D eigenvalue weighted by Crippen LogP contribution is 2.29. The van der Waals surface area contributed by atoms with E-state index in [9.17, 15) is 0 Å². The van der Waals surface area contributed by atoms with E-state index in [0.29, 0.717) is 6.04 Å². The van der Waals surface area contributed by atoms with E-state index >= 15 is 0 Å². The highest BCUT2D eigenvalue weighted by Gasteiger charge is 2.29. The van der Waals surface area contributed by atoms with Gasteiger partial charge >= 0.3 is 0 Å². The molecule has 0 amide bonds. The molecule has 3 rings (SSSR count). The van der Waals surface area contributed by atoms with E-state index in [1.54, 1.807) is 0 Å². The Bertz CT molecular complexity index is 436. The molecule has 1 aromatic rings. The van der Waals surface area contributed by atoms with E-state index < -0.39 is 0 Å². The molecular formula is C20H32N2. The van der Waals surface area contributed by atoms with E-state index in [1.807, 2.05) is 0 Å². The fourth-order valence-corrected chi connectivity index (χ4v) is 4.17. The van der Waals surface area contributed by atoms with E-state index in [2.05, 4.69) is 54.4 Å². The number of nitrogens with one attached hydrogen (secondary N) is 1. The van der Waals surface area contributed by atoms with Crippen molar-refractivity contribution in [3.05, 3.63) is 30.3 Å². The summed E-state index contributed by atoms with van der Waals surface area (Å²) in [6.45, 7) is 8.38. The maximum absolute atomic E-state index is 3.91. The second-order valence-electron chi connectivity index (χ2n) is 7.74. The average molecular weight is 300 g/mol. The van der Waals surface area contributed by atoms with Crippen LogP contribution in [0.2, 0.25) is 0 Å². The van der Waals surface area contributed by atoms with Gasteiger partial charge in [-0.05, 0) is 55.7 Å². The van der Waals surface area contributed by atoms with Crippen molar-refractivity contribution >= 4 is 5.69 Å². The van der Waals surface area contributed by atoms with Crippen molar-refractivity contribution < 1.29 is 0 Å². The first-order chi connectivity index (χ1) is 10.7. The molecular weight excluding hydrogens is 268 g/mol. The van der Waals surface area contributed by atoms with Gasteiger partial charge in [-0.25, -0.2) is 0 Å². The first-order valence-electron chi connectivity index (χ1n) is 9.25. The van der Waals surface area contributed by atoms with E-state index in [-0.39, 0.29) is 0 Å². The third-order valence-corrected chi connectivity index (χ3v) is 5.72. The van der Waals surface area contributed by atoms with Crippen LogP contribution in [0.1, 0.15) is 46.0 Å². The average Bonchev–Trinajstić information content (AvgIpc) is 3.07. The number of anilines is 1. The summed E-state index contributed by atoms with van der Waals surface area (Å²) in [4.78, 5) is 2.60. The summed E-state index contributed by atoms with van der Waals surface area (Å²) in [6, 6.07) is 11.6. The first kappa shape index (κ1) is 15.9. The molecule has 2 fully saturated rings. The molecule has 1 aliphatic carbocycles. The summed E-state index contributed by atoms with van der Waals surface area (Å²) in [5.74, 6) is 2.50. The van der Waals surface area contributed by atoms with Crippen molar-refractivity contribution in [1.82, 2.24) is 5.32 Å². The molecule has 0 radical (unpaired) electrons. The van der Waals surface area contributed by atoms with Crippen LogP contribution in [0.3, 0.4) is 0 Å². The fraction of sp³-hybridized carbons (Fsp3) is 0.700. The van der Waals surface area contributed by atoms with Crippen molar-refractivity contribution in [3.8, 4) is 0 Å². The summed E-state index contributed by atoms with van der Waals surface area (Å²) in [6.07, 6.45) is 7.11. The Balaban J connectivity index is 1.62. The van der Waals surface area contributed by atoms with Crippen LogP contribution in [-0.2, 0) is 0 Å². The quantitative estimate of drug-likeness (QED) is 0.871. The van der Waals surface area contributed by atoms with Gasteiger partial charge in [0.1, 0.15) is 0 Å². The number of rotatable bonds is 5. The summed E-state index contributed by atoms with van der Waals surface area (Å²) >= 11 is 0. The summed E-state index contributed by atoms with van der Waals surface area (Å²) in [5.41, 5.74) is 1.39. The summed E-state index contributed by atoms with van der Waals surface area (Å²) in [7, 11) is 0. The minimum atomic E-state index is 0.655. The highest BCUT2D eigenvalue weighted by atomic mass is 15.2. The van der Waals surface area contributed by atoms with Crippen LogP contribution in [-0.4, -0.2) is 25.7 Å². The van der Waals surface area contributed by atoms with Crippen molar-refractivity contribution in [3.63, 3.8) is 0 Å². The van der Waals surface area contributed by atoms with E-state index in [4.69, 9.17) is 0 Å². The predicted molar refractivity (Wildman–Crippen MR) is 95.3 cm³/mol. The number of benzene rings is 1. The molecule has 1 aromatic carbocycles. The van der Waals surface area contributed by atoms with Crippen LogP contribution in [0.15, 0.2) is 30.3 Å². The molecule has 2 unspecified atom stereocenters. The minimum absolute atomic E-state index is 0.655. The van der Waals surface area contributed by atoms with Crippen LogP contribution in [0.25, 0.3) is 0 Å². The molecule has 1 saturated heterocycles. The molecule has 1 aliphatic heterocycles. The van der Waals surface area contributed by atoms with Crippen LogP contribution in [0, 0.1) is 17.8 Å². The predicted octanol–water partition coefficient (Wildman–Crippen LogP) is 4.32. The third kappa shape index (κ3) is 4.04. The van der Waals surface area contributed by atoms with Crippen molar-refractivity contribution in [2.24, 2.45) is 17.8 Å². The highest BCUT2D eigenvalue weighted by molar-refractivity contribution is 5.46. The number of para-hydroxylation sites is 1. The third-order valence-electron chi connectivity index (χ3n) is 5.72. The second kappa shape index (κ2) is 7.50. The van der Waals surface area contributed by atoms with E-state index in [0.717, 1.165) is 17.8 Å². The fourth-order valence-electron chi connectivity index (χ4n) is 4.17. The Morgan fingerprint density at radius 2 is 1.82 bits per heavy atom. The molecule has 2 heteroatoms. The van der Waals surface area contributed by atoms with Gasteiger partial charge in [-0.1, -0.05) is 44.9 Å². The minimum Gasteiger partial charge on any atom is -0.370 e. The van der Waals surface area contributed by atoms with Crippen molar-refractivity contribution in [2.75, 3.05) is 24.5 Å². The number of hydrogen-bond acceptors (Lipinski definition) is 2. The summed E-state index contributed by atoms with van der Waals surface area (Å²) < 4.78 is 0. The molecule has 2 nitrogen and oxygen atoms in total. The molecule has 1 heterocycles. The molecule has 2 aliphatic rings. The normalized spacial score (nSPS) is 26.8. The Morgan fingerprint density at radius 3 is 2.50 bits per heavy atom. The summed E-state index contributed by atoms with van der Waals surface area (Å²) in [5, 5.41) is 3.91. The first-order valence-corrected chi connectivity index (χ1v) is 9.25. The Labute approximate surface area is 136 Å². The zero-order valence-corrected chi connectivity index (χ0v) is 14.3. The van der Waals surface area contributed by atoms with Crippen LogP contribution in [0.5, 0.6) is 0 Å². The zero-order chi connectivity index (χ0) is 15.4. The van der Waals surface area contributed by atoms with Crippen LogP contribution in [0.4, 0.5) is 5.69 Å². The molecule has 0 bridgehead atoms. The maximum atomic E-state index is 3.91. The molecule has 0 aromatic heterocycles. The van der Waals surface area contributed by atoms with Gasteiger partial charge in [0.05, 0.1) is 0 Å². The monoisotopic (exact) mass is 300 g/mol. The molecule has 1 saturated carbocycles. The lowest BCUT2D eigenvalue weighted by Gasteiger charge is -2.41. The number of nitrogens with zero attached hydrogens (tertiary/aromatic N) is 1.